The Morgan fingerprint density at radius 3 is 2.55 bits per heavy atom. The number of halogens is 1. The maximum Gasteiger partial charge on any atom is 0.230 e. The number of likely N-dealkylation sites (tertiary alicyclic amines) is 1. The number of carbonyl (C=O) groups excluding carboxylic acids is 1. The topological polar surface area (TPSA) is 46.3 Å². The molecule has 1 aromatic carbocycles. The Hall–Kier alpha value is -1.06. The minimum absolute atomic E-state index is 0.122. The highest BCUT2D eigenvalue weighted by Gasteiger charge is 2.30. The van der Waals surface area contributed by atoms with Crippen LogP contribution in [-0.2, 0) is 4.79 Å². The highest BCUT2D eigenvalue weighted by atomic mass is 35.5. The number of amides is 1. The standard InChI is InChI=1S/C16H23ClN2O/c1-11(2)15(12-4-3-5-13(17)10-12)16(20)19-8-6-14(18)7-9-19/h3-5,10-11,14-15H,6-9,18H2,1-2H3. The SMILES string of the molecule is CC(C)C(C(=O)N1CCC(N)CC1)c1cccc(Cl)c1. The van der Waals surface area contributed by atoms with E-state index in [2.05, 4.69) is 13.8 Å². The van der Waals surface area contributed by atoms with Crippen molar-refractivity contribution < 1.29 is 4.79 Å². The number of piperidine rings is 1. The Morgan fingerprint density at radius 1 is 1.35 bits per heavy atom. The van der Waals surface area contributed by atoms with Gasteiger partial charge in [-0.25, -0.2) is 0 Å². The van der Waals surface area contributed by atoms with Crippen LogP contribution in [0.5, 0.6) is 0 Å². The molecule has 1 saturated heterocycles. The predicted octanol–water partition coefficient (Wildman–Crippen LogP) is 3.03. The summed E-state index contributed by atoms with van der Waals surface area (Å²) < 4.78 is 0. The molecule has 1 unspecified atom stereocenters. The van der Waals surface area contributed by atoms with Crippen LogP contribution < -0.4 is 5.73 Å². The Balaban J connectivity index is 2.18. The number of carbonyl (C=O) groups is 1. The van der Waals surface area contributed by atoms with Crippen LogP contribution in [0.15, 0.2) is 24.3 Å². The number of hydrogen-bond acceptors (Lipinski definition) is 2. The van der Waals surface area contributed by atoms with Crippen LogP contribution >= 0.6 is 11.6 Å². The minimum atomic E-state index is -0.122. The van der Waals surface area contributed by atoms with Gasteiger partial charge in [-0.1, -0.05) is 37.6 Å². The van der Waals surface area contributed by atoms with E-state index in [1.165, 1.54) is 0 Å². The molecule has 20 heavy (non-hydrogen) atoms. The summed E-state index contributed by atoms with van der Waals surface area (Å²) in [5, 5.41) is 0.682. The van der Waals surface area contributed by atoms with E-state index in [4.69, 9.17) is 17.3 Å². The lowest BCUT2D eigenvalue weighted by atomic mass is 9.86. The van der Waals surface area contributed by atoms with Crippen LogP contribution in [0.2, 0.25) is 5.02 Å². The smallest absolute Gasteiger partial charge is 0.230 e. The van der Waals surface area contributed by atoms with Gasteiger partial charge >= 0.3 is 0 Å². The van der Waals surface area contributed by atoms with Gasteiger partial charge in [0.05, 0.1) is 5.92 Å². The Kier molecular flexibility index (Phi) is 5.06. The molecule has 1 fully saturated rings. The molecule has 4 heteroatoms. The van der Waals surface area contributed by atoms with Crippen LogP contribution in [0.1, 0.15) is 38.2 Å². The van der Waals surface area contributed by atoms with Gasteiger partial charge in [0.1, 0.15) is 0 Å². The first-order chi connectivity index (χ1) is 9.49. The molecular formula is C16H23ClN2O. The van der Waals surface area contributed by atoms with Crippen molar-refractivity contribution in [3.63, 3.8) is 0 Å². The minimum Gasteiger partial charge on any atom is -0.342 e. The van der Waals surface area contributed by atoms with E-state index in [9.17, 15) is 4.79 Å². The monoisotopic (exact) mass is 294 g/mol. The zero-order valence-corrected chi connectivity index (χ0v) is 12.9. The maximum atomic E-state index is 12.8. The molecule has 0 aliphatic carbocycles. The highest BCUT2D eigenvalue weighted by molar-refractivity contribution is 6.30. The van der Waals surface area contributed by atoms with Gasteiger partial charge in [0.2, 0.25) is 5.91 Å². The molecule has 1 amide bonds. The average Bonchev–Trinajstić information content (AvgIpc) is 2.39. The fourth-order valence-corrected chi connectivity index (χ4v) is 3.03. The summed E-state index contributed by atoms with van der Waals surface area (Å²) in [6, 6.07) is 7.88. The second kappa shape index (κ2) is 6.59. The van der Waals surface area contributed by atoms with Crippen molar-refractivity contribution in [2.45, 2.75) is 38.6 Å². The van der Waals surface area contributed by atoms with E-state index < -0.39 is 0 Å². The lowest BCUT2D eigenvalue weighted by Crippen LogP contribution is -2.45. The van der Waals surface area contributed by atoms with Crippen molar-refractivity contribution in [1.29, 1.82) is 0 Å². The molecule has 1 aromatic rings. The molecule has 1 aliphatic heterocycles. The molecule has 1 atom stereocenters. The number of nitrogens with zero attached hydrogens (tertiary/aromatic N) is 1. The molecule has 0 bridgehead atoms. The van der Waals surface area contributed by atoms with Crippen molar-refractivity contribution >= 4 is 17.5 Å². The third-order valence-electron chi connectivity index (χ3n) is 3.99. The van der Waals surface area contributed by atoms with Crippen LogP contribution in [0.25, 0.3) is 0 Å². The quantitative estimate of drug-likeness (QED) is 0.931. The molecule has 2 N–H and O–H groups in total. The Bertz CT molecular complexity index is 467. The van der Waals surface area contributed by atoms with Crippen molar-refractivity contribution in [3.8, 4) is 0 Å². The number of benzene rings is 1. The lowest BCUT2D eigenvalue weighted by Gasteiger charge is -2.34. The summed E-state index contributed by atoms with van der Waals surface area (Å²) in [5.41, 5.74) is 6.92. The molecule has 110 valence electrons. The zero-order valence-electron chi connectivity index (χ0n) is 12.2. The summed E-state index contributed by atoms with van der Waals surface area (Å²) >= 11 is 6.06. The van der Waals surface area contributed by atoms with Gasteiger partial charge in [-0.2, -0.15) is 0 Å². The zero-order chi connectivity index (χ0) is 14.7. The average molecular weight is 295 g/mol. The van der Waals surface area contributed by atoms with Gasteiger partial charge < -0.3 is 10.6 Å². The van der Waals surface area contributed by atoms with Crippen LogP contribution in [0.3, 0.4) is 0 Å². The Labute approximate surface area is 126 Å². The van der Waals surface area contributed by atoms with Crippen molar-refractivity contribution in [2.24, 2.45) is 11.7 Å². The second-order valence-electron chi connectivity index (χ2n) is 5.94. The summed E-state index contributed by atoms with van der Waals surface area (Å²) in [5.74, 6) is 0.328. The summed E-state index contributed by atoms with van der Waals surface area (Å²) in [6.45, 7) is 5.70. The van der Waals surface area contributed by atoms with Crippen molar-refractivity contribution in [1.82, 2.24) is 4.90 Å². The molecular weight excluding hydrogens is 272 g/mol. The number of rotatable bonds is 3. The normalized spacial score (nSPS) is 18.4. The molecule has 3 nitrogen and oxygen atoms in total. The lowest BCUT2D eigenvalue weighted by molar-refractivity contribution is -0.134. The molecule has 0 aromatic heterocycles. The van der Waals surface area contributed by atoms with E-state index in [0.29, 0.717) is 5.02 Å². The van der Waals surface area contributed by atoms with E-state index >= 15 is 0 Å². The first-order valence-electron chi connectivity index (χ1n) is 7.29. The van der Waals surface area contributed by atoms with Gasteiger partial charge in [0.15, 0.2) is 0 Å². The van der Waals surface area contributed by atoms with Crippen LogP contribution in [0, 0.1) is 5.92 Å². The van der Waals surface area contributed by atoms with E-state index in [1.54, 1.807) is 0 Å². The molecule has 1 heterocycles. The number of nitrogens with two attached hydrogens (primary N) is 1. The van der Waals surface area contributed by atoms with Gasteiger partial charge in [0.25, 0.3) is 0 Å². The first kappa shape index (κ1) is 15.3. The van der Waals surface area contributed by atoms with Crippen LogP contribution in [-0.4, -0.2) is 29.9 Å². The first-order valence-corrected chi connectivity index (χ1v) is 7.66. The van der Waals surface area contributed by atoms with E-state index in [1.807, 2.05) is 29.2 Å². The van der Waals surface area contributed by atoms with E-state index in [-0.39, 0.29) is 23.8 Å². The fraction of sp³-hybridized carbons (Fsp3) is 0.562. The highest BCUT2D eigenvalue weighted by Crippen LogP contribution is 2.29. The van der Waals surface area contributed by atoms with Gasteiger partial charge in [-0.05, 0) is 36.5 Å². The summed E-state index contributed by atoms with van der Waals surface area (Å²) in [7, 11) is 0. The van der Waals surface area contributed by atoms with Gasteiger partial charge in [0, 0.05) is 24.2 Å². The molecule has 0 radical (unpaired) electrons. The largest absolute Gasteiger partial charge is 0.342 e. The maximum absolute atomic E-state index is 12.8. The second-order valence-corrected chi connectivity index (χ2v) is 6.38. The van der Waals surface area contributed by atoms with Crippen molar-refractivity contribution in [2.75, 3.05) is 13.1 Å². The molecule has 0 saturated carbocycles. The van der Waals surface area contributed by atoms with Gasteiger partial charge in [-0.3, -0.25) is 4.79 Å². The molecule has 1 aliphatic rings. The van der Waals surface area contributed by atoms with E-state index in [0.717, 1.165) is 31.5 Å². The third kappa shape index (κ3) is 3.53. The van der Waals surface area contributed by atoms with Crippen molar-refractivity contribution in [3.05, 3.63) is 34.9 Å². The summed E-state index contributed by atoms with van der Waals surface area (Å²) in [4.78, 5) is 14.8. The fourth-order valence-electron chi connectivity index (χ4n) is 2.83. The molecule has 0 spiro atoms. The molecule has 2 rings (SSSR count). The predicted molar refractivity (Wildman–Crippen MR) is 82.8 cm³/mol. The summed E-state index contributed by atoms with van der Waals surface area (Å²) in [6.07, 6.45) is 1.79. The number of hydrogen-bond donors (Lipinski definition) is 1. The van der Waals surface area contributed by atoms with Gasteiger partial charge in [-0.15, -0.1) is 0 Å². The third-order valence-corrected chi connectivity index (χ3v) is 4.23. The Morgan fingerprint density at radius 2 is 2.00 bits per heavy atom. The van der Waals surface area contributed by atoms with Crippen LogP contribution in [0.4, 0.5) is 0 Å².